The van der Waals surface area contributed by atoms with Gasteiger partial charge in [0.2, 0.25) is 0 Å². The Kier molecular flexibility index (Phi) is 6.17. The molecule has 1 aromatic rings. The lowest BCUT2D eigenvalue weighted by Crippen LogP contribution is -2.27. The quantitative estimate of drug-likeness (QED) is 0.751. The van der Waals surface area contributed by atoms with E-state index in [0.717, 1.165) is 30.2 Å². The van der Waals surface area contributed by atoms with Gasteiger partial charge in [-0.2, -0.15) is 0 Å². The highest BCUT2D eigenvalue weighted by Gasteiger charge is 2.07. The normalized spacial score (nSPS) is 11.2. The van der Waals surface area contributed by atoms with Crippen LogP contribution in [0.1, 0.15) is 24.0 Å². The molecule has 0 radical (unpaired) electrons. The van der Waals surface area contributed by atoms with Crippen molar-refractivity contribution in [1.29, 1.82) is 0 Å². The Labute approximate surface area is 99.7 Å². The van der Waals surface area contributed by atoms with E-state index in [2.05, 4.69) is 16.8 Å². The summed E-state index contributed by atoms with van der Waals surface area (Å²) in [4.78, 5) is 6.60. The number of halogens is 1. The molecule has 0 saturated heterocycles. The molecule has 0 saturated carbocycles. The second-order valence-electron chi connectivity index (χ2n) is 3.37. The zero-order valence-electron chi connectivity index (χ0n) is 8.95. The molecule has 1 N–H and O–H groups in total. The van der Waals surface area contributed by atoms with E-state index in [4.69, 9.17) is 16.7 Å². The maximum Gasteiger partial charge on any atom is 0.107 e. The van der Waals surface area contributed by atoms with Crippen LogP contribution in [0.3, 0.4) is 0 Å². The Balaban J connectivity index is 2.48. The van der Waals surface area contributed by atoms with Crippen LogP contribution in [0, 0.1) is 0 Å². The Hall–Kier alpha value is -0.160. The van der Waals surface area contributed by atoms with Crippen molar-refractivity contribution in [3.8, 4) is 0 Å². The van der Waals surface area contributed by atoms with Crippen molar-refractivity contribution in [1.82, 2.24) is 9.88 Å². The second-order valence-corrected chi connectivity index (χ2v) is 4.58. The molecule has 0 aliphatic carbocycles. The smallest absolute Gasteiger partial charge is 0.107 e. The van der Waals surface area contributed by atoms with Crippen molar-refractivity contribution in [2.75, 3.05) is 19.7 Å². The molecule has 1 aromatic heterocycles. The summed E-state index contributed by atoms with van der Waals surface area (Å²) in [6.45, 7) is 4.86. The van der Waals surface area contributed by atoms with Gasteiger partial charge in [-0.1, -0.05) is 6.92 Å². The zero-order valence-corrected chi connectivity index (χ0v) is 10.5. The Bertz CT molecular complexity index is 274. The molecule has 3 nitrogen and oxygen atoms in total. The van der Waals surface area contributed by atoms with Crippen LogP contribution in [0.4, 0.5) is 0 Å². The fourth-order valence-corrected chi connectivity index (χ4v) is 2.47. The van der Waals surface area contributed by atoms with Crippen molar-refractivity contribution in [2.24, 2.45) is 0 Å². The maximum atomic E-state index is 8.91. The second kappa shape index (κ2) is 7.17. The predicted octanol–water partition coefficient (Wildman–Crippen LogP) is 2.09. The molecule has 0 unspecified atom stereocenters. The molecule has 0 fully saturated rings. The van der Waals surface area contributed by atoms with E-state index < -0.39 is 0 Å². The molecule has 1 rings (SSSR count). The van der Waals surface area contributed by atoms with Crippen molar-refractivity contribution in [3.63, 3.8) is 0 Å². The Morgan fingerprint density at radius 3 is 2.87 bits per heavy atom. The molecule has 86 valence electrons. The molecule has 0 aliphatic heterocycles. The van der Waals surface area contributed by atoms with Crippen molar-refractivity contribution >= 4 is 22.9 Å². The molecule has 15 heavy (non-hydrogen) atoms. The fourth-order valence-electron chi connectivity index (χ4n) is 1.40. The average molecular weight is 249 g/mol. The monoisotopic (exact) mass is 248 g/mol. The van der Waals surface area contributed by atoms with E-state index in [-0.39, 0.29) is 6.61 Å². The van der Waals surface area contributed by atoms with Crippen LogP contribution >= 0.6 is 22.9 Å². The number of thiazole rings is 1. The van der Waals surface area contributed by atoms with E-state index in [9.17, 15) is 0 Å². The molecular formula is C10H17ClN2OS. The third kappa shape index (κ3) is 4.47. The molecule has 0 bridgehead atoms. The first-order valence-corrected chi connectivity index (χ1v) is 6.54. The standard InChI is InChI=1S/C10H17ClN2OS/c1-2-3-13(4-5-14)7-10-12-9(6-11)8-15-10/h8,14H,2-7H2,1H3. The Morgan fingerprint density at radius 2 is 2.33 bits per heavy atom. The summed E-state index contributed by atoms with van der Waals surface area (Å²) in [6, 6.07) is 0. The van der Waals surface area contributed by atoms with Gasteiger partial charge in [0.05, 0.1) is 24.7 Å². The summed E-state index contributed by atoms with van der Waals surface area (Å²) in [5.74, 6) is 0.476. The van der Waals surface area contributed by atoms with Crippen LogP contribution in [0.15, 0.2) is 5.38 Å². The number of aliphatic hydroxyl groups is 1. The van der Waals surface area contributed by atoms with E-state index in [1.165, 1.54) is 0 Å². The summed E-state index contributed by atoms with van der Waals surface area (Å²) in [5, 5.41) is 12.0. The highest BCUT2D eigenvalue weighted by molar-refractivity contribution is 7.09. The molecular weight excluding hydrogens is 232 g/mol. The number of alkyl halides is 1. The summed E-state index contributed by atoms with van der Waals surface area (Å²) >= 11 is 7.32. The first-order valence-electron chi connectivity index (χ1n) is 5.12. The van der Waals surface area contributed by atoms with Crippen LogP contribution in [-0.4, -0.2) is 34.7 Å². The number of hydrogen-bond donors (Lipinski definition) is 1. The fraction of sp³-hybridized carbons (Fsp3) is 0.700. The number of aromatic nitrogens is 1. The maximum absolute atomic E-state index is 8.91. The van der Waals surface area contributed by atoms with Crippen molar-refractivity contribution in [3.05, 3.63) is 16.1 Å². The highest BCUT2D eigenvalue weighted by Crippen LogP contribution is 2.13. The molecule has 0 spiro atoms. The van der Waals surface area contributed by atoms with Crippen LogP contribution in [0.5, 0.6) is 0 Å². The molecule has 0 aromatic carbocycles. The number of hydrogen-bond acceptors (Lipinski definition) is 4. The number of aliphatic hydroxyl groups excluding tert-OH is 1. The van der Waals surface area contributed by atoms with Crippen LogP contribution in [0.2, 0.25) is 0 Å². The predicted molar refractivity (Wildman–Crippen MR) is 64.3 cm³/mol. The third-order valence-electron chi connectivity index (χ3n) is 2.05. The lowest BCUT2D eigenvalue weighted by Gasteiger charge is -2.18. The van der Waals surface area contributed by atoms with E-state index in [1.807, 2.05) is 5.38 Å². The first kappa shape index (κ1) is 12.9. The number of rotatable bonds is 7. The summed E-state index contributed by atoms with van der Waals surface area (Å²) in [5.41, 5.74) is 0.942. The molecule has 0 atom stereocenters. The molecule has 1 heterocycles. The van der Waals surface area contributed by atoms with Gasteiger partial charge in [-0.15, -0.1) is 22.9 Å². The number of nitrogens with zero attached hydrogens (tertiary/aromatic N) is 2. The molecule has 0 amide bonds. The minimum Gasteiger partial charge on any atom is -0.395 e. The van der Waals surface area contributed by atoms with Crippen molar-refractivity contribution in [2.45, 2.75) is 25.8 Å². The summed E-state index contributed by atoms with van der Waals surface area (Å²) in [7, 11) is 0. The van der Waals surface area contributed by atoms with Gasteiger partial charge < -0.3 is 5.11 Å². The molecule has 5 heteroatoms. The van der Waals surface area contributed by atoms with Gasteiger partial charge in [-0.3, -0.25) is 4.90 Å². The van der Waals surface area contributed by atoms with E-state index in [0.29, 0.717) is 12.4 Å². The third-order valence-corrected chi connectivity index (χ3v) is 3.21. The van der Waals surface area contributed by atoms with Gasteiger partial charge in [0.1, 0.15) is 5.01 Å². The highest BCUT2D eigenvalue weighted by atomic mass is 35.5. The lowest BCUT2D eigenvalue weighted by molar-refractivity contribution is 0.190. The van der Waals surface area contributed by atoms with Crippen LogP contribution in [-0.2, 0) is 12.4 Å². The SMILES string of the molecule is CCCN(CCO)Cc1nc(CCl)cs1. The minimum absolute atomic E-state index is 0.202. The van der Waals surface area contributed by atoms with Gasteiger partial charge in [0, 0.05) is 11.9 Å². The lowest BCUT2D eigenvalue weighted by atomic mass is 10.4. The summed E-state index contributed by atoms with van der Waals surface area (Å²) in [6.07, 6.45) is 1.09. The van der Waals surface area contributed by atoms with Gasteiger partial charge >= 0.3 is 0 Å². The van der Waals surface area contributed by atoms with Crippen molar-refractivity contribution < 1.29 is 5.11 Å². The minimum atomic E-state index is 0.202. The van der Waals surface area contributed by atoms with Gasteiger partial charge in [-0.05, 0) is 13.0 Å². The summed E-state index contributed by atoms with van der Waals surface area (Å²) < 4.78 is 0. The first-order chi connectivity index (χ1) is 7.30. The van der Waals surface area contributed by atoms with E-state index >= 15 is 0 Å². The Morgan fingerprint density at radius 1 is 1.53 bits per heavy atom. The average Bonchev–Trinajstić information content (AvgIpc) is 2.66. The van der Waals surface area contributed by atoms with Gasteiger partial charge in [-0.25, -0.2) is 4.98 Å². The van der Waals surface area contributed by atoms with Gasteiger partial charge in [0.25, 0.3) is 0 Å². The molecule has 0 aliphatic rings. The van der Waals surface area contributed by atoms with Crippen LogP contribution in [0.25, 0.3) is 0 Å². The topological polar surface area (TPSA) is 36.4 Å². The van der Waals surface area contributed by atoms with Crippen LogP contribution < -0.4 is 0 Å². The largest absolute Gasteiger partial charge is 0.395 e. The zero-order chi connectivity index (χ0) is 11.1. The van der Waals surface area contributed by atoms with E-state index in [1.54, 1.807) is 11.3 Å². The van der Waals surface area contributed by atoms with Gasteiger partial charge in [0.15, 0.2) is 0 Å².